The first-order valence-electron chi connectivity index (χ1n) is 4.61. The zero-order chi connectivity index (χ0) is 9.97. The van der Waals surface area contributed by atoms with Crippen LogP contribution in [0.15, 0.2) is 24.4 Å². The van der Waals surface area contributed by atoms with Gasteiger partial charge in [-0.15, -0.1) is 0 Å². The van der Waals surface area contributed by atoms with Gasteiger partial charge in [-0.1, -0.05) is 0 Å². The lowest BCUT2D eigenvalue weighted by molar-refractivity contribution is 0.281. The molecule has 4 nitrogen and oxygen atoms in total. The van der Waals surface area contributed by atoms with Gasteiger partial charge >= 0.3 is 0 Å². The summed E-state index contributed by atoms with van der Waals surface area (Å²) in [6.45, 7) is 2.00. The molecular formula is C10H13N3O. The van der Waals surface area contributed by atoms with Gasteiger partial charge in [0.05, 0.1) is 6.61 Å². The maximum absolute atomic E-state index is 8.87. The van der Waals surface area contributed by atoms with Crippen LogP contribution in [0.2, 0.25) is 0 Å². The van der Waals surface area contributed by atoms with Crippen molar-refractivity contribution in [1.29, 1.82) is 0 Å². The van der Waals surface area contributed by atoms with Gasteiger partial charge in [0.2, 0.25) is 0 Å². The molecule has 14 heavy (non-hydrogen) atoms. The minimum absolute atomic E-state index is 0.0231. The highest BCUT2D eigenvalue weighted by Gasteiger charge is 2.02. The van der Waals surface area contributed by atoms with Gasteiger partial charge in [0, 0.05) is 17.6 Å². The molecule has 0 saturated heterocycles. The van der Waals surface area contributed by atoms with Gasteiger partial charge < -0.3 is 15.4 Å². The number of anilines is 1. The molecule has 0 saturated carbocycles. The van der Waals surface area contributed by atoms with Gasteiger partial charge in [-0.25, -0.2) is 4.98 Å². The molecule has 4 heteroatoms. The highest BCUT2D eigenvalue weighted by Crippen LogP contribution is 2.13. The summed E-state index contributed by atoms with van der Waals surface area (Å²) in [4.78, 5) is 7.38. The van der Waals surface area contributed by atoms with Gasteiger partial charge in [-0.3, -0.25) is 0 Å². The van der Waals surface area contributed by atoms with E-state index >= 15 is 0 Å². The smallest absolute Gasteiger partial charge is 0.139 e. The summed E-state index contributed by atoms with van der Waals surface area (Å²) in [6.07, 6.45) is 1.86. The van der Waals surface area contributed by atoms with Crippen LogP contribution in [0.3, 0.4) is 0 Å². The van der Waals surface area contributed by atoms with Crippen LogP contribution in [0.4, 0.5) is 5.82 Å². The number of aliphatic hydroxyl groups excluding tert-OH is 1. The van der Waals surface area contributed by atoms with E-state index in [1.54, 1.807) is 0 Å². The fourth-order valence-electron chi connectivity index (χ4n) is 1.31. The second-order valence-corrected chi connectivity index (χ2v) is 3.34. The molecule has 2 rings (SSSR count). The van der Waals surface area contributed by atoms with Crippen molar-refractivity contribution < 1.29 is 5.11 Å². The van der Waals surface area contributed by atoms with E-state index in [9.17, 15) is 0 Å². The van der Waals surface area contributed by atoms with Crippen molar-refractivity contribution >= 4 is 16.9 Å². The number of fused-ring (bicyclic) bond motifs is 1. The fraction of sp³-hybridized carbons (Fsp3) is 0.300. The second kappa shape index (κ2) is 3.67. The third kappa shape index (κ3) is 1.70. The Labute approximate surface area is 82.0 Å². The first-order chi connectivity index (χ1) is 6.79. The maximum Gasteiger partial charge on any atom is 0.139 e. The van der Waals surface area contributed by atoms with Crippen LogP contribution in [-0.2, 0) is 0 Å². The number of rotatable bonds is 3. The van der Waals surface area contributed by atoms with E-state index in [1.807, 2.05) is 31.3 Å². The molecule has 0 radical (unpaired) electrons. The Bertz CT molecular complexity index is 424. The molecule has 2 heterocycles. The molecule has 1 unspecified atom stereocenters. The minimum atomic E-state index is 0.0231. The molecule has 74 valence electrons. The Kier molecular flexibility index (Phi) is 2.37. The minimum Gasteiger partial charge on any atom is -0.394 e. The fourth-order valence-corrected chi connectivity index (χ4v) is 1.31. The molecule has 2 aromatic rings. The summed E-state index contributed by atoms with van der Waals surface area (Å²) < 4.78 is 0. The van der Waals surface area contributed by atoms with Crippen LogP contribution in [0, 0.1) is 0 Å². The number of pyridine rings is 1. The van der Waals surface area contributed by atoms with Crippen molar-refractivity contribution in [3.8, 4) is 0 Å². The molecule has 0 aromatic carbocycles. The molecule has 3 N–H and O–H groups in total. The lowest BCUT2D eigenvalue weighted by atomic mass is 10.3. The van der Waals surface area contributed by atoms with Crippen LogP contribution in [0.25, 0.3) is 11.0 Å². The first-order valence-corrected chi connectivity index (χ1v) is 4.61. The predicted octanol–water partition coefficient (Wildman–Crippen LogP) is 1.36. The molecule has 0 spiro atoms. The number of aliphatic hydroxyl groups is 1. The summed E-state index contributed by atoms with van der Waals surface area (Å²) in [6, 6.07) is 5.89. The topological polar surface area (TPSA) is 60.9 Å². The Morgan fingerprint density at radius 1 is 1.50 bits per heavy atom. The van der Waals surface area contributed by atoms with Crippen LogP contribution in [0.1, 0.15) is 6.92 Å². The third-order valence-corrected chi connectivity index (χ3v) is 2.08. The van der Waals surface area contributed by atoms with E-state index in [1.165, 1.54) is 0 Å². The van der Waals surface area contributed by atoms with Crippen molar-refractivity contribution in [2.75, 3.05) is 11.9 Å². The van der Waals surface area contributed by atoms with Crippen LogP contribution in [0.5, 0.6) is 0 Å². The molecule has 0 amide bonds. The normalized spacial score (nSPS) is 13.0. The van der Waals surface area contributed by atoms with Gasteiger partial charge in [-0.2, -0.15) is 0 Å². The highest BCUT2D eigenvalue weighted by molar-refractivity contribution is 5.77. The van der Waals surface area contributed by atoms with E-state index in [2.05, 4.69) is 15.3 Å². The lowest BCUT2D eigenvalue weighted by Crippen LogP contribution is -2.19. The average Bonchev–Trinajstić information content (AvgIpc) is 2.64. The maximum atomic E-state index is 8.87. The van der Waals surface area contributed by atoms with Crippen molar-refractivity contribution in [2.45, 2.75) is 13.0 Å². The Hall–Kier alpha value is -1.55. The predicted molar refractivity (Wildman–Crippen MR) is 56.3 cm³/mol. The van der Waals surface area contributed by atoms with Gasteiger partial charge in [0.15, 0.2) is 0 Å². The van der Waals surface area contributed by atoms with Gasteiger partial charge in [-0.05, 0) is 25.1 Å². The zero-order valence-electron chi connectivity index (χ0n) is 7.99. The number of hydrogen-bond donors (Lipinski definition) is 3. The highest BCUT2D eigenvalue weighted by atomic mass is 16.3. The molecule has 1 atom stereocenters. The molecule has 0 aliphatic heterocycles. The number of hydrogen-bond acceptors (Lipinski definition) is 3. The standard InChI is InChI=1S/C10H13N3O/c1-7(6-14)12-9-3-2-8-4-5-11-10(8)13-9/h2-5,7,14H,6H2,1H3,(H2,11,12,13). The lowest BCUT2D eigenvalue weighted by Gasteiger charge is -2.10. The third-order valence-electron chi connectivity index (χ3n) is 2.08. The number of aromatic amines is 1. The summed E-state index contributed by atoms with van der Waals surface area (Å²) >= 11 is 0. The monoisotopic (exact) mass is 191 g/mol. The number of nitrogens with zero attached hydrogens (tertiary/aromatic N) is 1. The SMILES string of the molecule is CC(CO)Nc1ccc2cc[nH]c2n1. The molecule has 0 aliphatic rings. The molecule has 0 aliphatic carbocycles. The summed E-state index contributed by atoms with van der Waals surface area (Å²) in [7, 11) is 0. The van der Waals surface area contributed by atoms with Crippen LogP contribution < -0.4 is 5.32 Å². The molecular weight excluding hydrogens is 178 g/mol. The number of aromatic nitrogens is 2. The average molecular weight is 191 g/mol. The molecule has 0 bridgehead atoms. The van der Waals surface area contributed by atoms with E-state index in [0.717, 1.165) is 16.9 Å². The summed E-state index contributed by atoms with van der Waals surface area (Å²) in [5.41, 5.74) is 0.861. The van der Waals surface area contributed by atoms with Crippen molar-refractivity contribution in [3.63, 3.8) is 0 Å². The summed E-state index contributed by atoms with van der Waals surface area (Å²) in [5.74, 6) is 0.779. The van der Waals surface area contributed by atoms with Crippen molar-refractivity contribution in [2.24, 2.45) is 0 Å². The van der Waals surface area contributed by atoms with E-state index in [0.29, 0.717) is 0 Å². The first kappa shape index (κ1) is 9.02. The van der Waals surface area contributed by atoms with Crippen LogP contribution in [-0.4, -0.2) is 27.7 Å². The quantitative estimate of drug-likeness (QED) is 0.686. The van der Waals surface area contributed by atoms with Gasteiger partial charge in [0.25, 0.3) is 0 Å². The van der Waals surface area contributed by atoms with Crippen LogP contribution >= 0.6 is 0 Å². The number of H-pyrrole nitrogens is 1. The molecule has 2 aromatic heterocycles. The Balaban J connectivity index is 2.25. The van der Waals surface area contributed by atoms with Crippen molar-refractivity contribution in [1.82, 2.24) is 9.97 Å². The Morgan fingerprint density at radius 2 is 2.36 bits per heavy atom. The molecule has 0 fully saturated rings. The Morgan fingerprint density at radius 3 is 3.14 bits per heavy atom. The van der Waals surface area contributed by atoms with E-state index < -0.39 is 0 Å². The zero-order valence-corrected chi connectivity index (χ0v) is 7.99. The van der Waals surface area contributed by atoms with E-state index in [4.69, 9.17) is 5.11 Å². The van der Waals surface area contributed by atoms with Crippen molar-refractivity contribution in [3.05, 3.63) is 24.4 Å². The van der Waals surface area contributed by atoms with E-state index in [-0.39, 0.29) is 12.6 Å². The van der Waals surface area contributed by atoms with Gasteiger partial charge in [0.1, 0.15) is 11.5 Å². The number of nitrogens with one attached hydrogen (secondary N) is 2. The second-order valence-electron chi connectivity index (χ2n) is 3.34. The summed E-state index contributed by atoms with van der Waals surface area (Å²) in [5, 5.41) is 13.1. The largest absolute Gasteiger partial charge is 0.394 e.